The molecule has 1 aromatic carbocycles. The quantitative estimate of drug-likeness (QED) is 0.717. The first-order valence-corrected chi connectivity index (χ1v) is 11.2. The summed E-state index contributed by atoms with van der Waals surface area (Å²) in [5.74, 6) is 0.318. The molecule has 0 amide bonds. The van der Waals surface area contributed by atoms with Gasteiger partial charge >= 0.3 is 0 Å². The standard InChI is InChI=1S/C18H27N3O4S2/c1-24-16-8-7-15(20-18(26)19-14-5-3-2-4-6-14)13-17(16)27(22,23)21-9-11-25-12-10-21/h7-8,13-14H,2-6,9-12H2,1H3,(H2,19,20,26). The second kappa shape index (κ2) is 9.18. The number of hydrogen-bond acceptors (Lipinski definition) is 5. The minimum atomic E-state index is -3.67. The third kappa shape index (κ3) is 5.10. The van der Waals surface area contributed by atoms with Crippen LogP contribution in [0.1, 0.15) is 32.1 Å². The fourth-order valence-corrected chi connectivity index (χ4v) is 5.36. The van der Waals surface area contributed by atoms with Crippen molar-refractivity contribution in [3.05, 3.63) is 18.2 Å². The molecule has 2 aliphatic rings. The number of sulfonamides is 1. The zero-order valence-corrected chi connectivity index (χ0v) is 17.2. The van der Waals surface area contributed by atoms with E-state index in [-0.39, 0.29) is 4.90 Å². The average molecular weight is 414 g/mol. The average Bonchev–Trinajstić information content (AvgIpc) is 2.69. The van der Waals surface area contributed by atoms with Crippen LogP contribution < -0.4 is 15.4 Å². The summed E-state index contributed by atoms with van der Waals surface area (Å²) in [7, 11) is -2.20. The van der Waals surface area contributed by atoms with Gasteiger partial charge in [-0.2, -0.15) is 4.31 Å². The van der Waals surface area contributed by atoms with Crippen LogP contribution in [-0.4, -0.2) is 57.3 Å². The molecule has 1 aromatic rings. The normalized spacial score (nSPS) is 19.4. The van der Waals surface area contributed by atoms with E-state index in [2.05, 4.69) is 10.6 Å². The number of anilines is 1. The number of nitrogens with zero attached hydrogens (tertiary/aromatic N) is 1. The smallest absolute Gasteiger partial charge is 0.246 e. The van der Waals surface area contributed by atoms with Crippen molar-refractivity contribution in [1.29, 1.82) is 0 Å². The van der Waals surface area contributed by atoms with Crippen molar-refractivity contribution in [2.75, 3.05) is 38.7 Å². The number of hydrogen-bond donors (Lipinski definition) is 2. The number of ether oxygens (including phenoxy) is 2. The summed E-state index contributed by atoms with van der Waals surface area (Å²) in [6.45, 7) is 1.47. The molecule has 1 aliphatic carbocycles. The summed E-state index contributed by atoms with van der Waals surface area (Å²) in [5, 5.41) is 6.96. The molecule has 2 fully saturated rings. The van der Waals surface area contributed by atoms with Crippen molar-refractivity contribution in [1.82, 2.24) is 9.62 Å². The Hall–Kier alpha value is -1.42. The Labute approximate surface area is 166 Å². The molecule has 3 rings (SSSR count). The summed E-state index contributed by atoms with van der Waals surface area (Å²) in [5.41, 5.74) is 0.621. The van der Waals surface area contributed by atoms with Gasteiger partial charge in [0, 0.05) is 24.8 Å². The molecule has 0 aromatic heterocycles. The molecule has 7 nitrogen and oxygen atoms in total. The lowest BCUT2D eigenvalue weighted by Gasteiger charge is -2.27. The molecule has 0 atom stereocenters. The molecular weight excluding hydrogens is 386 g/mol. The number of rotatable bonds is 5. The Morgan fingerprint density at radius 1 is 1.22 bits per heavy atom. The van der Waals surface area contributed by atoms with Crippen LogP contribution >= 0.6 is 12.2 Å². The Morgan fingerprint density at radius 3 is 2.59 bits per heavy atom. The molecule has 27 heavy (non-hydrogen) atoms. The van der Waals surface area contributed by atoms with Crippen LogP contribution in [0.2, 0.25) is 0 Å². The highest BCUT2D eigenvalue weighted by atomic mass is 32.2. The van der Waals surface area contributed by atoms with Gasteiger partial charge in [0.25, 0.3) is 0 Å². The summed E-state index contributed by atoms with van der Waals surface area (Å²) in [6.07, 6.45) is 5.93. The zero-order valence-electron chi connectivity index (χ0n) is 15.6. The van der Waals surface area contributed by atoms with Crippen molar-refractivity contribution in [3.63, 3.8) is 0 Å². The minimum Gasteiger partial charge on any atom is -0.495 e. The van der Waals surface area contributed by atoms with Gasteiger partial charge in [0.1, 0.15) is 10.6 Å². The van der Waals surface area contributed by atoms with E-state index in [4.69, 9.17) is 21.7 Å². The maximum Gasteiger partial charge on any atom is 0.246 e. The van der Waals surface area contributed by atoms with Gasteiger partial charge < -0.3 is 20.1 Å². The highest BCUT2D eigenvalue weighted by Crippen LogP contribution is 2.30. The molecule has 1 saturated heterocycles. The first-order chi connectivity index (χ1) is 13.0. The SMILES string of the molecule is COc1ccc(NC(=S)NC2CCCCC2)cc1S(=O)(=O)N1CCOCC1. The Balaban J connectivity index is 1.75. The molecule has 1 aliphatic heterocycles. The van der Waals surface area contributed by atoms with Crippen LogP contribution in [0.3, 0.4) is 0 Å². The van der Waals surface area contributed by atoms with Gasteiger partial charge in [-0.05, 0) is 43.3 Å². The molecule has 0 spiro atoms. The molecule has 1 saturated carbocycles. The van der Waals surface area contributed by atoms with Crippen LogP contribution in [0.4, 0.5) is 5.69 Å². The lowest BCUT2D eigenvalue weighted by molar-refractivity contribution is 0.0729. The third-order valence-electron chi connectivity index (χ3n) is 4.95. The van der Waals surface area contributed by atoms with Crippen LogP contribution in [0, 0.1) is 0 Å². The van der Waals surface area contributed by atoms with Gasteiger partial charge in [-0.3, -0.25) is 0 Å². The molecule has 150 valence electrons. The highest BCUT2D eigenvalue weighted by Gasteiger charge is 2.29. The van der Waals surface area contributed by atoms with E-state index in [1.54, 1.807) is 18.2 Å². The molecule has 1 heterocycles. The van der Waals surface area contributed by atoms with E-state index in [1.165, 1.54) is 30.7 Å². The number of nitrogens with one attached hydrogen (secondary N) is 2. The summed E-state index contributed by atoms with van der Waals surface area (Å²) < 4.78 is 38.1. The number of methoxy groups -OCH3 is 1. The first-order valence-electron chi connectivity index (χ1n) is 9.34. The van der Waals surface area contributed by atoms with E-state index in [0.717, 1.165) is 12.8 Å². The Morgan fingerprint density at radius 2 is 1.93 bits per heavy atom. The summed E-state index contributed by atoms with van der Waals surface area (Å²) in [6, 6.07) is 5.39. The topological polar surface area (TPSA) is 79.9 Å². The largest absolute Gasteiger partial charge is 0.495 e. The van der Waals surface area contributed by atoms with Gasteiger partial charge in [0.05, 0.1) is 20.3 Å². The molecule has 2 N–H and O–H groups in total. The maximum absolute atomic E-state index is 13.0. The molecule has 9 heteroatoms. The van der Waals surface area contributed by atoms with Crippen molar-refractivity contribution >= 4 is 33.0 Å². The van der Waals surface area contributed by atoms with Gasteiger partial charge in [0.15, 0.2) is 5.11 Å². The van der Waals surface area contributed by atoms with Gasteiger partial charge in [-0.25, -0.2) is 8.42 Å². The number of morpholine rings is 1. The summed E-state index contributed by atoms with van der Waals surface area (Å²) in [4.78, 5) is 0.136. The van der Waals surface area contributed by atoms with Crippen molar-refractivity contribution in [2.24, 2.45) is 0 Å². The second-order valence-corrected chi connectivity index (χ2v) is 9.13. The monoisotopic (exact) mass is 413 g/mol. The van der Waals surface area contributed by atoms with Crippen molar-refractivity contribution in [3.8, 4) is 5.75 Å². The molecule has 0 unspecified atom stereocenters. The molecular formula is C18H27N3O4S2. The van der Waals surface area contributed by atoms with Crippen LogP contribution in [0.15, 0.2) is 23.1 Å². The predicted molar refractivity (Wildman–Crippen MR) is 109 cm³/mol. The lowest BCUT2D eigenvalue weighted by Crippen LogP contribution is -2.41. The van der Waals surface area contributed by atoms with E-state index in [9.17, 15) is 8.42 Å². The number of thiocarbonyl (C=S) groups is 1. The van der Waals surface area contributed by atoms with Crippen LogP contribution in [0.25, 0.3) is 0 Å². The zero-order chi connectivity index (χ0) is 19.3. The third-order valence-corrected chi connectivity index (χ3v) is 7.09. The molecule has 0 bridgehead atoms. The fraction of sp³-hybridized carbons (Fsp3) is 0.611. The van der Waals surface area contributed by atoms with E-state index in [1.807, 2.05) is 0 Å². The van der Waals surface area contributed by atoms with Crippen LogP contribution in [-0.2, 0) is 14.8 Å². The van der Waals surface area contributed by atoms with Gasteiger partial charge in [-0.15, -0.1) is 0 Å². The van der Waals surface area contributed by atoms with Crippen LogP contribution in [0.5, 0.6) is 5.75 Å². The highest BCUT2D eigenvalue weighted by molar-refractivity contribution is 7.89. The predicted octanol–water partition coefficient (Wildman–Crippen LogP) is 2.34. The summed E-state index contributed by atoms with van der Waals surface area (Å²) >= 11 is 5.41. The van der Waals surface area contributed by atoms with E-state index in [0.29, 0.717) is 48.9 Å². The van der Waals surface area contributed by atoms with E-state index >= 15 is 0 Å². The first kappa shape index (κ1) is 20.3. The molecule has 0 radical (unpaired) electrons. The van der Waals surface area contributed by atoms with Gasteiger partial charge in [0.2, 0.25) is 10.0 Å². The second-order valence-electron chi connectivity index (χ2n) is 6.82. The Bertz CT molecular complexity index is 758. The lowest BCUT2D eigenvalue weighted by atomic mass is 9.96. The van der Waals surface area contributed by atoms with E-state index < -0.39 is 10.0 Å². The Kier molecular flexibility index (Phi) is 6.91. The maximum atomic E-state index is 13.0. The fourth-order valence-electron chi connectivity index (χ4n) is 3.48. The van der Waals surface area contributed by atoms with Crippen molar-refractivity contribution in [2.45, 2.75) is 43.0 Å². The van der Waals surface area contributed by atoms with Crippen molar-refractivity contribution < 1.29 is 17.9 Å². The number of benzene rings is 1. The minimum absolute atomic E-state index is 0.136. The van der Waals surface area contributed by atoms with Gasteiger partial charge in [-0.1, -0.05) is 19.3 Å².